The summed E-state index contributed by atoms with van der Waals surface area (Å²) in [6, 6.07) is 0.998. The number of amides is 1. The Balaban J connectivity index is 1.18. The van der Waals surface area contributed by atoms with Gasteiger partial charge in [-0.3, -0.25) is 19.7 Å². The van der Waals surface area contributed by atoms with Crippen LogP contribution < -0.4 is 15.0 Å². The second kappa shape index (κ2) is 13.4. The molecule has 0 radical (unpaired) electrons. The van der Waals surface area contributed by atoms with Crippen molar-refractivity contribution in [2.75, 3.05) is 23.6 Å². The van der Waals surface area contributed by atoms with Crippen LogP contribution in [0.1, 0.15) is 50.5 Å². The highest BCUT2D eigenvalue weighted by Gasteiger charge is 2.37. The summed E-state index contributed by atoms with van der Waals surface area (Å²) in [4.78, 5) is 44.2. The molecule has 4 aromatic heterocycles. The molecule has 0 saturated heterocycles. The Morgan fingerprint density at radius 1 is 0.917 bits per heavy atom. The van der Waals surface area contributed by atoms with Crippen molar-refractivity contribution in [1.82, 2.24) is 34.9 Å². The molecule has 0 aromatic carbocycles. The van der Waals surface area contributed by atoms with Gasteiger partial charge in [-0.05, 0) is 50.5 Å². The predicted octanol–water partition coefficient (Wildman–Crippen LogP) is 4.77. The summed E-state index contributed by atoms with van der Waals surface area (Å²) in [5, 5.41) is 3.14. The van der Waals surface area contributed by atoms with E-state index < -0.39 is 27.3 Å². The van der Waals surface area contributed by atoms with E-state index in [1.165, 1.54) is 7.11 Å². The quantitative estimate of drug-likeness (QED) is 0.244. The molecule has 4 aromatic rings. The van der Waals surface area contributed by atoms with E-state index in [0.29, 0.717) is 61.3 Å². The van der Waals surface area contributed by atoms with E-state index in [0.717, 1.165) is 37.6 Å². The van der Waals surface area contributed by atoms with Gasteiger partial charge in [0.25, 0.3) is 0 Å². The summed E-state index contributed by atoms with van der Waals surface area (Å²) in [6.45, 7) is 0. The molecule has 17 heteroatoms. The van der Waals surface area contributed by atoms with E-state index in [-0.39, 0.29) is 40.4 Å². The van der Waals surface area contributed by atoms with Gasteiger partial charge in [0.2, 0.25) is 11.9 Å². The smallest absolute Gasteiger partial charge is 0.419 e. The Hall–Kier alpha value is -4.80. The third-order valence-corrected chi connectivity index (χ3v) is 9.40. The lowest BCUT2D eigenvalue weighted by atomic mass is 9.90. The van der Waals surface area contributed by atoms with Crippen molar-refractivity contribution in [2.45, 2.75) is 68.1 Å². The molecule has 13 nitrogen and oxygen atoms in total. The van der Waals surface area contributed by atoms with Crippen LogP contribution in [0.25, 0.3) is 22.5 Å². The van der Waals surface area contributed by atoms with E-state index in [1.807, 2.05) is 0 Å². The number of methoxy groups -OCH3 is 1. The topological polar surface area (TPSA) is 166 Å². The van der Waals surface area contributed by atoms with Gasteiger partial charge >= 0.3 is 12.2 Å². The van der Waals surface area contributed by atoms with Crippen LogP contribution in [0.5, 0.6) is 6.01 Å². The minimum atomic E-state index is -4.78. The van der Waals surface area contributed by atoms with Crippen molar-refractivity contribution in [3.8, 4) is 28.5 Å². The van der Waals surface area contributed by atoms with E-state index in [9.17, 15) is 26.4 Å². The standard InChI is InChI=1S/C31H32F3N9O4S/c1-47-30-39-12-20(13-40-30)25-16-37-26(17-36-25)43(27(44)9-18-3-4-18)22-7-5-21(6-8-22)41-29-38-15-24(31(32,33)34)28(42-29)19-10-23(14-35-11-19)48(2,45)46/h10-18,21-22H,3-9H2,1-2H3,(H,38,41,42)/t21-,22-. The SMILES string of the molecule is COc1ncc(-c2cnc(N(C(=O)CC3CC3)[C@H]3CC[C@H](Nc4ncc(C(F)(F)F)c(-c5cncc(S(C)(=O)=O)c5)n4)CC3)cn2)cn1. The molecule has 1 amide bonds. The van der Waals surface area contributed by atoms with Gasteiger partial charge in [0.1, 0.15) is 5.56 Å². The summed E-state index contributed by atoms with van der Waals surface area (Å²) < 4.78 is 70.8. The zero-order valence-corrected chi connectivity index (χ0v) is 26.9. The molecule has 2 fully saturated rings. The second-order valence-corrected chi connectivity index (χ2v) is 13.9. The van der Waals surface area contributed by atoms with E-state index in [2.05, 4.69) is 40.2 Å². The number of anilines is 2. The second-order valence-electron chi connectivity index (χ2n) is 11.9. The average Bonchev–Trinajstić information content (AvgIpc) is 3.89. The highest BCUT2D eigenvalue weighted by atomic mass is 32.2. The zero-order chi connectivity index (χ0) is 34.1. The number of ether oxygens (including phenoxy) is 1. The van der Waals surface area contributed by atoms with Crippen LogP contribution >= 0.6 is 0 Å². The molecule has 2 saturated carbocycles. The molecule has 0 aliphatic heterocycles. The Kier molecular flexibility index (Phi) is 9.22. The Bertz CT molecular complexity index is 1880. The highest BCUT2D eigenvalue weighted by molar-refractivity contribution is 7.90. The number of carbonyl (C=O) groups excluding carboxylic acids is 1. The molecule has 0 unspecified atom stereocenters. The summed E-state index contributed by atoms with van der Waals surface area (Å²) in [7, 11) is -2.25. The first kappa shape index (κ1) is 33.1. The lowest BCUT2D eigenvalue weighted by molar-refractivity contribution is -0.137. The molecule has 4 heterocycles. The number of nitrogens with one attached hydrogen (secondary N) is 1. The van der Waals surface area contributed by atoms with Gasteiger partial charge in [0, 0.05) is 66.9 Å². The number of pyridine rings is 1. The van der Waals surface area contributed by atoms with Crippen LogP contribution in [0, 0.1) is 5.92 Å². The molecular weight excluding hydrogens is 651 g/mol. The summed E-state index contributed by atoms with van der Waals surface area (Å²) in [6.07, 6.45) is 10.1. The maximum atomic E-state index is 13.9. The van der Waals surface area contributed by atoms with Crippen LogP contribution in [0.2, 0.25) is 0 Å². The fraction of sp³-hybridized carbons (Fsp3) is 0.419. The van der Waals surface area contributed by atoms with Crippen LogP contribution in [-0.4, -0.2) is 74.7 Å². The van der Waals surface area contributed by atoms with Crippen LogP contribution in [-0.2, 0) is 20.8 Å². The first-order chi connectivity index (χ1) is 22.9. The first-order valence-electron chi connectivity index (χ1n) is 15.3. The van der Waals surface area contributed by atoms with E-state index >= 15 is 0 Å². The van der Waals surface area contributed by atoms with Crippen molar-refractivity contribution < 1.29 is 31.1 Å². The van der Waals surface area contributed by atoms with Crippen molar-refractivity contribution in [3.63, 3.8) is 0 Å². The molecule has 252 valence electrons. The number of nitrogens with zero attached hydrogens (tertiary/aromatic N) is 8. The predicted molar refractivity (Wildman–Crippen MR) is 167 cm³/mol. The Labute approximate surface area is 274 Å². The highest BCUT2D eigenvalue weighted by Crippen LogP contribution is 2.38. The van der Waals surface area contributed by atoms with Gasteiger partial charge in [-0.25, -0.2) is 33.3 Å². The minimum absolute atomic E-state index is 0.0237. The molecule has 0 bridgehead atoms. The van der Waals surface area contributed by atoms with Crippen LogP contribution in [0.15, 0.2) is 54.3 Å². The number of rotatable bonds is 10. The molecule has 1 N–H and O–H groups in total. The number of aromatic nitrogens is 7. The largest absolute Gasteiger partial charge is 0.467 e. The number of halogens is 3. The lowest BCUT2D eigenvalue weighted by Crippen LogP contribution is -2.45. The molecule has 0 spiro atoms. The van der Waals surface area contributed by atoms with Crippen LogP contribution in [0.3, 0.4) is 0 Å². The van der Waals surface area contributed by atoms with Gasteiger partial charge in [-0.1, -0.05) is 0 Å². The maximum absolute atomic E-state index is 13.9. The summed E-state index contributed by atoms with van der Waals surface area (Å²) >= 11 is 0. The van der Waals surface area contributed by atoms with Gasteiger partial charge < -0.3 is 10.1 Å². The zero-order valence-electron chi connectivity index (χ0n) is 26.1. The van der Waals surface area contributed by atoms with Crippen LogP contribution in [0.4, 0.5) is 24.9 Å². The average molecular weight is 684 g/mol. The van der Waals surface area contributed by atoms with Gasteiger partial charge in [0.05, 0.1) is 35.8 Å². The molecule has 0 atom stereocenters. The van der Waals surface area contributed by atoms with Gasteiger partial charge in [-0.15, -0.1) is 0 Å². The molecule has 6 rings (SSSR count). The molecule has 2 aliphatic rings. The van der Waals surface area contributed by atoms with Crippen molar-refractivity contribution in [3.05, 3.63) is 55.0 Å². The fourth-order valence-corrected chi connectivity index (χ4v) is 6.22. The summed E-state index contributed by atoms with van der Waals surface area (Å²) in [5.41, 5.74) is -0.507. The minimum Gasteiger partial charge on any atom is -0.467 e. The molecular formula is C31H32F3N9O4S. The number of hydrogen-bond donors (Lipinski definition) is 1. The fourth-order valence-electron chi connectivity index (χ4n) is 5.63. The monoisotopic (exact) mass is 683 g/mol. The van der Waals surface area contributed by atoms with Crippen molar-refractivity contribution >= 4 is 27.5 Å². The van der Waals surface area contributed by atoms with Crippen molar-refractivity contribution in [2.24, 2.45) is 5.92 Å². The van der Waals surface area contributed by atoms with Crippen molar-refractivity contribution in [1.29, 1.82) is 0 Å². The Morgan fingerprint density at radius 2 is 1.65 bits per heavy atom. The van der Waals surface area contributed by atoms with E-state index in [4.69, 9.17) is 4.74 Å². The number of carbonyl (C=O) groups is 1. The van der Waals surface area contributed by atoms with Gasteiger partial charge in [0.15, 0.2) is 15.7 Å². The third kappa shape index (κ3) is 7.67. The third-order valence-electron chi connectivity index (χ3n) is 8.32. The summed E-state index contributed by atoms with van der Waals surface area (Å²) in [5.74, 6) is 0.748. The molecule has 48 heavy (non-hydrogen) atoms. The van der Waals surface area contributed by atoms with Gasteiger partial charge in [-0.2, -0.15) is 13.2 Å². The number of hydrogen-bond acceptors (Lipinski definition) is 12. The number of alkyl halides is 3. The number of sulfone groups is 1. The lowest BCUT2D eigenvalue weighted by Gasteiger charge is -2.36. The normalized spacial score (nSPS) is 18.3. The first-order valence-corrected chi connectivity index (χ1v) is 17.1. The Morgan fingerprint density at radius 3 is 2.25 bits per heavy atom. The van der Waals surface area contributed by atoms with E-state index in [1.54, 1.807) is 29.7 Å². The molecule has 2 aliphatic carbocycles. The maximum Gasteiger partial charge on any atom is 0.419 e.